The first-order chi connectivity index (χ1) is 32.7. The van der Waals surface area contributed by atoms with Crippen LogP contribution in [0.25, 0.3) is 10.4 Å². The maximum atomic E-state index is 11.4. The second-order valence-corrected chi connectivity index (χ2v) is 20.5. The molecule has 3 aromatic rings. The van der Waals surface area contributed by atoms with E-state index >= 15 is 0 Å². The number of ketones is 2. The lowest BCUT2D eigenvalue weighted by Gasteiger charge is -2.32. The van der Waals surface area contributed by atoms with Crippen LogP contribution >= 0.6 is 15.9 Å². The highest BCUT2D eigenvalue weighted by Crippen LogP contribution is 2.43. The molecule has 3 fully saturated rings. The minimum absolute atomic E-state index is 0.0588. The van der Waals surface area contributed by atoms with Crippen molar-refractivity contribution in [1.29, 1.82) is 10.5 Å². The van der Waals surface area contributed by atoms with Gasteiger partial charge in [-0.25, -0.2) is 9.97 Å². The number of Topliss-reactive ketones (excluding diaryl/α,β-unsaturated/α-hetero) is 2. The highest BCUT2D eigenvalue weighted by Gasteiger charge is 2.63. The van der Waals surface area contributed by atoms with Crippen LogP contribution in [0.4, 0.5) is 5.82 Å². The van der Waals surface area contributed by atoms with Crippen LogP contribution in [0.3, 0.4) is 0 Å². The summed E-state index contributed by atoms with van der Waals surface area (Å²) in [6.07, 6.45) is 3.17. The number of nitriles is 2. The van der Waals surface area contributed by atoms with Gasteiger partial charge in [0.25, 0.3) is 5.82 Å². The van der Waals surface area contributed by atoms with Crippen LogP contribution in [-0.2, 0) is 42.3 Å². The van der Waals surface area contributed by atoms with E-state index in [2.05, 4.69) is 41.8 Å². The molecule has 0 radical (unpaired) electrons. The molecule has 3 aromatic heterocycles. The number of pyridine rings is 3. The van der Waals surface area contributed by atoms with Gasteiger partial charge in [-0.05, 0) is 166 Å². The number of nitrogens with zero attached hydrogens (tertiary/aromatic N) is 6. The predicted molar refractivity (Wildman–Crippen MR) is 280 cm³/mol. The summed E-state index contributed by atoms with van der Waals surface area (Å²) >= 11 is 3.21. The number of hydrogen-bond acceptors (Lipinski definition) is 15. The molecule has 0 aliphatic carbocycles. The number of allylic oxidation sites excluding steroid dienone is 3. The molecular weight excluding hydrogens is 969 g/mol. The Labute approximate surface area is 431 Å². The third kappa shape index (κ3) is 16.4. The molecule has 20 heteroatoms. The van der Waals surface area contributed by atoms with Crippen molar-refractivity contribution in [3.05, 3.63) is 98.5 Å². The molecule has 0 spiro atoms. The monoisotopic (exact) mass is 1040 g/mol. The van der Waals surface area contributed by atoms with Crippen LogP contribution in [0.15, 0.2) is 58.8 Å². The molecule has 0 N–H and O–H groups in total. The Balaban J connectivity index is 0.000000312. The Morgan fingerprint density at radius 2 is 1.14 bits per heavy atom. The van der Waals surface area contributed by atoms with Crippen LogP contribution in [-0.4, -0.2) is 95.0 Å². The number of hydrogen-bond donors (Lipinski definition) is 0. The van der Waals surface area contributed by atoms with E-state index in [1.807, 2.05) is 134 Å². The molecule has 3 aliphatic rings. The maximum absolute atomic E-state index is 11.4. The number of methoxy groups -OCH3 is 1. The molecule has 0 aromatic carbocycles. The number of ether oxygens (including phenoxy) is 2. The lowest BCUT2D eigenvalue weighted by Crippen LogP contribution is -2.41. The molecule has 3 aliphatic heterocycles. The Bertz CT molecular complexity index is 2480. The van der Waals surface area contributed by atoms with Crippen LogP contribution in [0.2, 0.25) is 0 Å². The minimum atomic E-state index is -0.530. The van der Waals surface area contributed by atoms with Crippen molar-refractivity contribution in [3.8, 4) is 18.0 Å². The highest BCUT2D eigenvalue weighted by molar-refractivity contribution is 9.10. The average molecular weight is 1040 g/mol. The van der Waals surface area contributed by atoms with Gasteiger partial charge in [-0.3, -0.25) is 9.59 Å². The number of carbonyl (C=O) groups excluding carboxylic acids is 2. The van der Waals surface area contributed by atoms with Crippen LogP contribution in [0.5, 0.6) is 5.88 Å². The Morgan fingerprint density at radius 1 is 0.704 bits per heavy atom. The van der Waals surface area contributed by atoms with Crippen molar-refractivity contribution >= 4 is 65.5 Å². The quantitative estimate of drug-likeness (QED) is 0.0893. The number of aryl methyl sites for hydroxylation is 2. The maximum Gasteiger partial charge on any atom is 0.497 e. The molecule has 16 nitrogen and oxygen atoms in total. The Morgan fingerprint density at radius 3 is 1.51 bits per heavy atom. The largest absolute Gasteiger partial charge is 0.501 e. The van der Waals surface area contributed by atoms with E-state index in [0.29, 0.717) is 46.0 Å². The second kappa shape index (κ2) is 25.4. The van der Waals surface area contributed by atoms with Gasteiger partial charge in [0, 0.05) is 39.6 Å². The van der Waals surface area contributed by atoms with Crippen molar-refractivity contribution in [2.24, 2.45) is 0 Å². The van der Waals surface area contributed by atoms with Gasteiger partial charge < -0.3 is 42.2 Å². The van der Waals surface area contributed by atoms with E-state index in [-0.39, 0.29) is 39.8 Å². The van der Waals surface area contributed by atoms with Gasteiger partial charge in [-0.2, -0.15) is 10.5 Å². The number of carbonyl (C=O) groups is 2. The normalized spacial score (nSPS) is 18.5. The molecule has 0 amide bonds. The molecule has 0 bridgehead atoms. The topological polar surface area (TPSA) is 199 Å². The van der Waals surface area contributed by atoms with Crippen LogP contribution in [0, 0.1) is 43.1 Å². The summed E-state index contributed by atoms with van der Waals surface area (Å²) in [5.74, 6) is 0.527. The highest BCUT2D eigenvalue weighted by atomic mass is 79.9. The van der Waals surface area contributed by atoms with Crippen molar-refractivity contribution in [2.75, 3.05) is 13.7 Å². The van der Waals surface area contributed by atoms with E-state index in [9.17, 15) is 9.59 Å². The summed E-state index contributed by atoms with van der Waals surface area (Å²) in [5.41, 5.74) is 2.64. The molecule has 0 atom stereocenters. The first-order valence-corrected chi connectivity index (χ1v) is 23.9. The van der Waals surface area contributed by atoms with Gasteiger partial charge in [0.05, 0.1) is 58.1 Å². The number of halogens is 1. The second-order valence-electron chi connectivity index (χ2n) is 19.6. The molecule has 6 heterocycles. The van der Waals surface area contributed by atoms with Crippen molar-refractivity contribution in [1.82, 2.24) is 15.0 Å². The summed E-state index contributed by atoms with van der Waals surface area (Å²) in [6.45, 7) is 43.9. The van der Waals surface area contributed by atoms with Gasteiger partial charge >= 0.3 is 27.0 Å². The smallest absolute Gasteiger partial charge is 0.497 e. The third-order valence-corrected chi connectivity index (χ3v) is 13.3. The molecular formula is C51H70B3BrN6O10. The fourth-order valence-electron chi connectivity index (χ4n) is 6.11. The summed E-state index contributed by atoms with van der Waals surface area (Å²) < 4.78 is 46.2. The molecule has 0 unspecified atom stereocenters. The van der Waals surface area contributed by atoms with E-state index < -0.39 is 32.3 Å². The zero-order chi connectivity index (χ0) is 54.5. The predicted octanol–water partition coefficient (Wildman–Crippen LogP) is 9.98. The van der Waals surface area contributed by atoms with Gasteiger partial charge in [-0.15, -0.1) is 0 Å². The summed E-state index contributed by atoms with van der Waals surface area (Å²) in [6, 6.07) is 14.8. The van der Waals surface area contributed by atoms with Gasteiger partial charge in [0.15, 0.2) is 17.3 Å². The molecule has 3 saturated heterocycles. The van der Waals surface area contributed by atoms with Crippen molar-refractivity contribution < 1.29 is 47.0 Å². The minimum Gasteiger partial charge on any atom is -0.501 e. The van der Waals surface area contributed by atoms with E-state index in [1.54, 1.807) is 32.1 Å². The zero-order valence-electron chi connectivity index (χ0n) is 45.2. The van der Waals surface area contributed by atoms with Crippen LogP contribution in [0.1, 0.15) is 146 Å². The van der Waals surface area contributed by atoms with E-state index in [1.165, 1.54) is 27.2 Å². The number of rotatable bonds is 8. The van der Waals surface area contributed by atoms with Crippen LogP contribution < -0.4 is 10.2 Å². The van der Waals surface area contributed by atoms with E-state index in [4.69, 9.17) is 54.5 Å². The first-order valence-electron chi connectivity index (χ1n) is 23.1. The number of aromatic nitrogens is 3. The third-order valence-electron chi connectivity index (χ3n) is 12.6. The Kier molecular flexibility index (Phi) is 22.2. The van der Waals surface area contributed by atoms with Crippen molar-refractivity contribution in [2.45, 2.75) is 165 Å². The van der Waals surface area contributed by atoms with Gasteiger partial charge in [0.1, 0.15) is 17.8 Å². The summed E-state index contributed by atoms with van der Waals surface area (Å²) in [4.78, 5) is 37.4. The Hall–Kier alpha value is -5.23. The lowest BCUT2D eigenvalue weighted by atomic mass is 9.49. The SMILES string of the molecule is CC1(C)OB(B2OC(C)(C)C(C)(C)O2)OC1(C)C.CCO/C=C(\C)C(C)=O.Cc1ccc(B2OC(C)(C)C(C)(C)O2)c(C#N)n1.Cc1ccc(Br)c(C#N)n1.[C-]#[N+]c1nc(OC)ccc1/C(=C/C)C(C)=O. The zero-order valence-corrected chi connectivity index (χ0v) is 46.8. The van der Waals surface area contributed by atoms with Crippen molar-refractivity contribution in [3.63, 3.8) is 0 Å². The standard InChI is InChI=1S/C13H17BN2O2.C12H24B2O4.C12H12N2O2.C7H5BrN2.C7H12O2/c1-9-6-7-10(11(8-15)16-9)14-17-12(2,3)13(4,5)18-14;1-9(2)10(3,4)16-13(15-9)14-17-11(5,6)12(7,8)18-14;1-5-9(8(2)15)10-6-7-11(16-4)14-12(10)13-3;1-5-2-3-6(8)7(4-9)10-5;1-4-9-5-6(2)7(3)8/h6-7H,1-5H3;1-8H3;5-7H,1-2,4H3;2-3H,1H3;5H,4H2,1-3H3/b;;9-5+;;6-5+. The molecule has 0 saturated carbocycles. The first kappa shape index (κ1) is 61.9. The van der Waals surface area contributed by atoms with Gasteiger partial charge in [-0.1, -0.05) is 29.8 Å². The fourth-order valence-corrected chi connectivity index (χ4v) is 6.42. The fraction of sp³-hybridized carbons (Fsp3) is 0.529. The summed E-state index contributed by atoms with van der Waals surface area (Å²) in [7, 11) is 0.00179. The van der Waals surface area contributed by atoms with Gasteiger partial charge in [0.2, 0.25) is 0 Å². The lowest BCUT2D eigenvalue weighted by molar-refractivity contribution is -0.114. The molecule has 380 valence electrons. The average Bonchev–Trinajstić information content (AvgIpc) is 3.76. The molecule has 71 heavy (non-hydrogen) atoms. The van der Waals surface area contributed by atoms with E-state index in [0.717, 1.165) is 15.9 Å². The summed E-state index contributed by atoms with van der Waals surface area (Å²) in [5, 5.41) is 17.6. The molecule has 6 rings (SSSR count).